The first kappa shape index (κ1) is 30.4. The van der Waals surface area contributed by atoms with E-state index in [1.165, 1.54) is 32.7 Å². The minimum Gasteiger partial charge on any atom is -0.507 e. The van der Waals surface area contributed by atoms with E-state index in [1.807, 2.05) is 60.7 Å². The van der Waals surface area contributed by atoms with Crippen LogP contribution in [0.1, 0.15) is 7.43 Å². The summed E-state index contributed by atoms with van der Waals surface area (Å²) in [6, 6.07) is 48.5. The summed E-state index contributed by atoms with van der Waals surface area (Å²) in [6.45, 7) is 0. The van der Waals surface area contributed by atoms with Crippen molar-refractivity contribution in [3.63, 3.8) is 0 Å². The maximum Gasteiger partial charge on any atom is 0.124 e. The molecule has 4 heteroatoms. The van der Waals surface area contributed by atoms with Crippen molar-refractivity contribution in [1.29, 1.82) is 0 Å². The van der Waals surface area contributed by atoms with Crippen LogP contribution in [0.25, 0.3) is 65.3 Å². The Kier molecular flexibility index (Phi) is 8.62. The molecular formula is C41H30Br2O2. The Morgan fingerprint density at radius 3 is 0.911 bits per heavy atom. The van der Waals surface area contributed by atoms with Crippen LogP contribution >= 0.6 is 31.9 Å². The van der Waals surface area contributed by atoms with Crippen molar-refractivity contribution in [2.45, 2.75) is 7.43 Å². The van der Waals surface area contributed by atoms with Gasteiger partial charge < -0.3 is 10.2 Å². The topological polar surface area (TPSA) is 40.5 Å². The van der Waals surface area contributed by atoms with E-state index in [1.54, 1.807) is 12.1 Å². The molecule has 220 valence electrons. The fraction of sp³-hybridized carbons (Fsp3) is 0.0244. The molecule has 0 saturated carbocycles. The second-order valence-electron chi connectivity index (χ2n) is 10.6. The third kappa shape index (κ3) is 5.56. The lowest BCUT2D eigenvalue weighted by Gasteiger charge is -2.14. The lowest BCUT2D eigenvalue weighted by atomic mass is 9.92. The smallest absolute Gasteiger partial charge is 0.124 e. The van der Waals surface area contributed by atoms with Crippen molar-refractivity contribution in [2.24, 2.45) is 0 Å². The molecule has 2 nitrogen and oxygen atoms in total. The average Bonchev–Trinajstić information content (AvgIpc) is 3.06. The van der Waals surface area contributed by atoms with Gasteiger partial charge in [-0.1, -0.05) is 161 Å². The van der Waals surface area contributed by atoms with Gasteiger partial charge in [-0.15, -0.1) is 0 Å². The Morgan fingerprint density at radius 2 is 0.578 bits per heavy atom. The zero-order chi connectivity index (χ0) is 30.2. The van der Waals surface area contributed by atoms with E-state index in [0.29, 0.717) is 11.1 Å². The van der Waals surface area contributed by atoms with Gasteiger partial charge in [0.1, 0.15) is 11.5 Å². The predicted octanol–water partition coefficient (Wildman–Crippen LogP) is 12.9. The van der Waals surface area contributed by atoms with Gasteiger partial charge >= 0.3 is 0 Å². The van der Waals surface area contributed by atoms with Crippen LogP contribution in [0.4, 0.5) is 0 Å². The number of hydrogen-bond donors (Lipinski definition) is 2. The lowest BCUT2D eigenvalue weighted by molar-refractivity contribution is 0.470. The molecule has 0 amide bonds. The first-order valence-corrected chi connectivity index (χ1v) is 15.9. The van der Waals surface area contributed by atoms with Gasteiger partial charge in [-0.3, -0.25) is 0 Å². The molecule has 0 heterocycles. The average molecular weight is 714 g/mol. The summed E-state index contributed by atoms with van der Waals surface area (Å²) >= 11 is 7.51. The summed E-state index contributed by atoms with van der Waals surface area (Å²) in [7, 11) is 0. The third-order valence-electron chi connectivity index (χ3n) is 8.07. The van der Waals surface area contributed by atoms with Crippen molar-refractivity contribution >= 4 is 74.9 Å². The highest BCUT2D eigenvalue weighted by molar-refractivity contribution is 9.11. The number of rotatable bonds is 2. The summed E-state index contributed by atoms with van der Waals surface area (Å²) in [5, 5.41) is 29.8. The molecule has 0 aliphatic carbocycles. The Bertz CT molecular complexity index is 2010. The zero-order valence-electron chi connectivity index (χ0n) is 23.5. The zero-order valence-corrected chi connectivity index (χ0v) is 26.7. The molecule has 45 heavy (non-hydrogen) atoms. The van der Waals surface area contributed by atoms with E-state index in [4.69, 9.17) is 0 Å². The number of fused-ring (bicyclic) bond motifs is 4. The normalized spacial score (nSPS) is 10.9. The van der Waals surface area contributed by atoms with E-state index in [2.05, 4.69) is 105 Å². The number of phenolic OH excluding ortho intramolecular Hbond substituents is 2. The van der Waals surface area contributed by atoms with Gasteiger partial charge in [0.25, 0.3) is 0 Å². The predicted molar refractivity (Wildman–Crippen MR) is 199 cm³/mol. The molecule has 0 aromatic heterocycles. The van der Waals surface area contributed by atoms with Crippen LogP contribution in [0.5, 0.6) is 11.5 Å². The Hall–Kier alpha value is -4.64. The quantitative estimate of drug-likeness (QED) is 0.187. The molecule has 8 aromatic rings. The molecule has 0 atom stereocenters. The Labute approximate surface area is 279 Å². The fourth-order valence-electron chi connectivity index (χ4n) is 6.04. The van der Waals surface area contributed by atoms with Gasteiger partial charge in [0.05, 0.1) is 0 Å². The molecule has 2 N–H and O–H groups in total. The summed E-state index contributed by atoms with van der Waals surface area (Å²) in [6.07, 6.45) is 0. The Balaban J connectivity index is 0.000000155. The molecule has 0 bridgehead atoms. The fourth-order valence-corrected chi connectivity index (χ4v) is 7.13. The van der Waals surface area contributed by atoms with Gasteiger partial charge in [0, 0.05) is 31.2 Å². The summed E-state index contributed by atoms with van der Waals surface area (Å²) < 4.78 is 2.23. The third-order valence-corrected chi connectivity index (χ3v) is 9.39. The van der Waals surface area contributed by atoms with Crippen molar-refractivity contribution in [3.05, 3.63) is 155 Å². The van der Waals surface area contributed by atoms with Gasteiger partial charge in [0.15, 0.2) is 0 Å². The largest absolute Gasteiger partial charge is 0.507 e. The minimum atomic E-state index is 0. The van der Waals surface area contributed by atoms with E-state index in [0.717, 1.165) is 30.5 Å². The van der Waals surface area contributed by atoms with Gasteiger partial charge in [-0.05, 0) is 67.4 Å². The second-order valence-corrected chi connectivity index (χ2v) is 12.4. The molecule has 0 spiro atoms. The molecular weight excluding hydrogens is 684 g/mol. The molecule has 0 radical (unpaired) electrons. The van der Waals surface area contributed by atoms with Gasteiger partial charge in [-0.2, -0.15) is 0 Å². The number of benzene rings is 8. The monoisotopic (exact) mass is 712 g/mol. The highest BCUT2D eigenvalue weighted by Gasteiger charge is 2.17. The van der Waals surface area contributed by atoms with E-state index < -0.39 is 0 Å². The lowest BCUT2D eigenvalue weighted by Crippen LogP contribution is -1.87. The summed E-state index contributed by atoms with van der Waals surface area (Å²) in [5.74, 6) is 0.343. The molecule has 0 fully saturated rings. The van der Waals surface area contributed by atoms with E-state index >= 15 is 0 Å². The number of aromatic hydroxyl groups is 2. The molecule has 0 saturated heterocycles. The van der Waals surface area contributed by atoms with Gasteiger partial charge in [-0.25, -0.2) is 0 Å². The minimum absolute atomic E-state index is 0. The SMILES string of the molecule is Brc1ccc2ccccc2c1-c1c(Br)ccc2ccccc12.C.Oc1ccc2ccccc2c1-c1c(O)ccc2ccccc12. The van der Waals surface area contributed by atoms with E-state index in [9.17, 15) is 10.2 Å². The maximum absolute atomic E-state index is 10.4. The standard InChI is InChI=1S/C20H12Br2.C20H14O2.CH4/c2*21-17-11-9-13-5-1-3-7-15(13)19(17)20-16-8-4-2-6-14(16)10-12-18(20)22;/h1-12H;1-12,21-22H;1H4. The van der Waals surface area contributed by atoms with E-state index in [-0.39, 0.29) is 18.9 Å². The van der Waals surface area contributed by atoms with Crippen molar-refractivity contribution < 1.29 is 10.2 Å². The van der Waals surface area contributed by atoms with Crippen molar-refractivity contribution in [3.8, 4) is 33.8 Å². The van der Waals surface area contributed by atoms with Crippen LogP contribution in [0, 0.1) is 0 Å². The summed E-state index contributed by atoms with van der Waals surface area (Å²) in [5.41, 5.74) is 3.82. The van der Waals surface area contributed by atoms with Crippen LogP contribution in [0.2, 0.25) is 0 Å². The first-order chi connectivity index (χ1) is 21.5. The van der Waals surface area contributed by atoms with Crippen molar-refractivity contribution in [2.75, 3.05) is 0 Å². The number of hydrogen-bond acceptors (Lipinski definition) is 2. The van der Waals surface area contributed by atoms with Crippen LogP contribution in [-0.4, -0.2) is 10.2 Å². The van der Waals surface area contributed by atoms with Crippen LogP contribution in [0.3, 0.4) is 0 Å². The molecule has 8 rings (SSSR count). The molecule has 0 aliphatic rings. The summed E-state index contributed by atoms with van der Waals surface area (Å²) in [4.78, 5) is 0. The number of halogens is 2. The Morgan fingerprint density at radius 1 is 0.311 bits per heavy atom. The van der Waals surface area contributed by atoms with Gasteiger partial charge in [0.2, 0.25) is 0 Å². The molecule has 0 aliphatic heterocycles. The second kappa shape index (κ2) is 12.8. The first-order valence-electron chi connectivity index (χ1n) is 14.3. The van der Waals surface area contributed by atoms with Crippen molar-refractivity contribution in [1.82, 2.24) is 0 Å². The highest BCUT2D eigenvalue weighted by atomic mass is 79.9. The van der Waals surface area contributed by atoms with Crippen LogP contribution < -0.4 is 0 Å². The number of phenols is 2. The highest BCUT2D eigenvalue weighted by Crippen LogP contribution is 2.45. The molecule has 0 unspecified atom stereocenters. The van der Waals surface area contributed by atoms with Crippen LogP contribution in [-0.2, 0) is 0 Å². The molecule has 8 aromatic carbocycles. The van der Waals surface area contributed by atoms with Crippen LogP contribution in [0.15, 0.2) is 155 Å². The maximum atomic E-state index is 10.4.